The average Bonchev–Trinajstić information content (AvgIpc) is 3.18. The van der Waals surface area contributed by atoms with Gasteiger partial charge in [0, 0.05) is 35.8 Å². The van der Waals surface area contributed by atoms with Crippen molar-refractivity contribution in [1.29, 1.82) is 0 Å². The molecule has 4 rings (SSSR count). The van der Waals surface area contributed by atoms with Gasteiger partial charge in [-0.1, -0.05) is 23.7 Å². The molecule has 0 unspecified atom stereocenters. The van der Waals surface area contributed by atoms with Crippen LogP contribution in [-0.2, 0) is 6.42 Å². The van der Waals surface area contributed by atoms with E-state index in [2.05, 4.69) is 25.6 Å². The van der Waals surface area contributed by atoms with Crippen LogP contribution in [0.15, 0.2) is 42.7 Å². The Morgan fingerprint density at radius 2 is 2.04 bits per heavy atom. The van der Waals surface area contributed by atoms with Crippen LogP contribution < -0.4 is 5.32 Å². The van der Waals surface area contributed by atoms with Gasteiger partial charge in [-0.05, 0) is 37.6 Å². The quantitative estimate of drug-likeness (QED) is 0.566. The highest BCUT2D eigenvalue weighted by atomic mass is 35.5. The Balaban J connectivity index is 1.51. The highest BCUT2D eigenvalue weighted by Gasteiger charge is 2.18. The topological polar surface area (TPSA) is 88.0 Å². The van der Waals surface area contributed by atoms with E-state index in [1.165, 1.54) is 10.1 Å². The number of anilines is 1. The second-order valence-corrected chi connectivity index (χ2v) is 6.67. The number of aromatic nitrogens is 5. The second-order valence-electron chi connectivity index (χ2n) is 6.29. The fourth-order valence-electron chi connectivity index (χ4n) is 2.94. The van der Waals surface area contributed by atoms with Crippen molar-refractivity contribution in [2.45, 2.75) is 20.3 Å². The van der Waals surface area contributed by atoms with Crippen LogP contribution in [0.25, 0.3) is 5.65 Å². The fraction of sp³-hybridized carbons (Fsp3) is 0.158. The van der Waals surface area contributed by atoms with E-state index in [4.69, 9.17) is 11.6 Å². The summed E-state index contributed by atoms with van der Waals surface area (Å²) < 4.78 is 1.48. The summed E-state index contributed by atoms with van der Waals surface area (Å²) in [7, 11) is 0. The predicted molar refractivity (Wildman–Crippen MR) is 103 cm³/mol. The zero-order chi connectivity index (χ0) is 19.0. The first kappa shape index (κ1) is 17.2. The SMILES string of the molecule is Cc1n[nH]c(C)c1Cc1ccc(NC(=O)c2nn3cccnc3c2Cl)cc1. The maximum Gasteiger partial charge on any atom is 0.277 e. The zero-order valence-corrected chi connectivity index (χ0v) is 15.6. The molecule has 8 heteroatoms. The van der Waals surface area contributed by atoms with E-state index in [0.717, 1.165) is 23.4 Å². The van der Waals surface area contributed by atoms with Crippen LogP contribution >= 0.6 is 11.6 Å². The molecule has 7 nitrogen and oxygen atoms in total. The van der Waals surface area contributed by atoms with Crippen molar-refractivity contribution in [3.05, 3.63) is 76.0 Å². The number of hydrogen-bond acceptors (Lipinski definition) is 4. The van der Waals surface area contributed by atoms with Gasteiger partial charge < -0.3 is 5.32 Å². The molecule has 0 radical (unpaired) electrons. The minimum Gasteiger partial charge on any atom is -0.321 e. The molecule has 0 saturated carbocycles. The summed E-state index contributed by atoms with van der Waals surface area (Å²) in [5.74, 6) is -0.375. The maximum atomic E-state index is 12.5. The van der Waals surface area contributed by atoms with Crippen LogP contribution in [0.5, 0.6) is 0 Å². The third-order valence-electron chi connectivity index (χ3n) is 4.43. The number of nitrogens with one attached hydrogen (secondary N) is 2. The molecular formula is C19H17ClN6O. The van der Waals surface area contributed by atoms with Gasteiger partial charge in [-0.25, -0.2) is 9.50 Å². The Kier molecular flexibility index (Phi) is 4.37. The number of H-pyrrole nitrogens is 1. The molecule has 1 aromatic carbocycles. The molecule has 0 aliphatic heterocycles. The number of hydrogen-bond donors (Lipinski definition) is 2. The molecule has 2 N–H and O–H groups in total. The van der Waals surface area contributed by atoms with Gasteiger partial charge in [0.15, 0.2) is 11.3 Å². The summed E-state index contributed by atoms with van der Waals surface area (Å²) in [6.07, 6.45) is 4.08. The van der Waals surface area contributed by atoms with Gasteiger partial charge in [0.25, 0.3) is 5.91 Å². The van der Waals surface area contributed by atoms with Gasteiger partial charge in [-0.15, -0.1) is 0 Å². The van der Waals surface area contributed by atoms with Crippen molar-refractivity contribution in [2.75, 3.05) is 5.32 Å². The number of aromatic amines is 1. The second kappa shape index (κ2) is 6.85. The molecule has 3 heterocycles. The van der Waals surface area contributed by atoms with Crippen molar-refractivity contribution >= 4 is 28.8 Å². The largest absolute Gasteiger partial charge is 0.321 e. The zero-order valence-electron chi connectivity index (χ0n) is 14.8. The molecule has 27 heavy (non-hydrogen) atoms. The van der Waals surface area contributed by atoms with Gasteiger partial charge in [-0.2, -0.15) is 10.2 Å². The first-order valence-corrected chi connectivity index (χ1v) is 8.80. The van der Waals surface area contributed by atoms with Gasteiger partial charge in [0.05, 0.1) is 5.69 Å². The van der Waals surface area contributed by atoms with E-state index >= 15 is 0 Å². The van der Waals surface area contributed by atoms with Crippen LogP contribution in [0.3, 0.4) is 0 Å². The molecular weight excluding hydrogens is 364 g/mol. The third-order valence-corrected chi connectivity index (χ3v) is 4.78. The van der Waals surface area contributed by atoms with Crippen molar-refractivity contribution in [3.8, 4) is 0 Å². The lowest BCUT2D eigenvalue weighted by atomic mass is 10.0. The number of fused-ring (bicyclic) bond motifs is 1. The third kappa shape index (κ3) is 3.29. The van der Waals surface area contributed by atoms with E-state index in [-0.39, 0.29) is 16.6 Å². The molecule has 1 amide bonds. The number of halogens is 1. The van der Waals surface area contributed by atoms with Gasteiger partial charge >= 0.3 is 0 Å². The van der Waals surface area contributed by atoms with E-state index in [0.29, 0.717) is 11.3 Å². The molecule has 0 spiro atoms. The molecule has 0 bridgehead atoms. The lowest BCUT2D eigenvalue weighted by Gasteiger charge is -2.06. The molecule has 0 atom stereocenters. The number of carbonyl (C=O) groups is 1. The van der Waals surface area contributed by atoms with Crippen molar-refractivity contribution in [1.82, 2.24) is 24.8 Å². The smallest absolute Gasteiger partial charge is 0.277 e. The number of amides is 1. The summed E-state index contributed by atoms with van der Waals surface area (Å²) >= 11 is 6.24. The highest BCUT2D eigenvalue weighted by Crippen LogP contribution is 2.22. The van der Waals surface area contributed by atoms with Crippen molar-refractivity contribution in [2.24, 2.45) is 0 Å². The summed E-state index contributed by atoms with van der Waals surface area (Å²) in [6.45, 7) is 4.00. The number of rotatable bonds is 4. The van der Waals surface area contributed by atoms with Crippen LogP contribution in [0.2, 0.25) is 5.02 Å². The first-order valence-electron chi connectivity index (χ1n) is 8.42. The standard InChI is InChI=1S/C19H17ClN6O/c1-11-15(12(2)24-23-11)10-13-4-6-14(7-5-13)22-19(27)17-16(20)18-21-8-3-9-26(18)25-17/h3-9H,10H2,1-2H3,(H,22,27)(H,23,24). The number of benzene rings is 1. The molecule has 0 aliphatic rings. The molecule has 136 valence electrons. The minimum atomic E-state index is -0.375. The predicted octanol–water partition coefficient (Wildman–Crippen LogP) is 3.57. The highest BCUT2D eigenvalue weighted by molar-refractivity contribution is 6.37. The lowest BCUT2D eigenvalue weighted by molar-refractivity contribution is 0.102. The van der Waals surface area contributed by atoms with Crippen LogP contribution in [0.4, 0.5) is 5.69 Å². The Morgan fingerprint density at radius 1 is 1.26 bits per heavy atom. The molecule has 0 fully saturated rings. The number of nitrogens with zero attached hydrogens (tertiary/aromatic N) is 4. The Morgan fingerprint density at radius 3 is 2.70 bits per heavy atom. The molecule has 3 aromatic heterocycles. The summed E-state index contributed by atoms with van der Waals surface area (Å²) in [6, 6.07) is 9.41. The van der Waals surface area contributed by atoms with Crippen LogP contribution in [-0.4, -0.2) is 30.7 Å². The van der Waals surface area contributed by atoms with Crippen molar-refractivity contribution < 1.29 is 4.79 Å². The fourth-order valence-corrected chi connectivity index (χ4v) is 3.20. The number of aryl methyl sites for hydroxylation is 2. The molecule has 0 saturated heterocycles. The average molecular weight is 381 g/mol. The van der Waals surface area contributed by atoms with Gasteiger partial charge in [0.1, 0.15) is 5.02 Å². The van der Waals surface area contributed by atoms with Crippen LogP contribution in [0, 0.1) is 13.8 Å². The molecule has 0 aliphatic carbocycles. The van der Waals surface area contributed by atoms with E-state index < -0.39 is 0 Å². The summed E-state index contributed by atoms with van der Waals surface area (Å²) in [5, 5.41) is 14.5. The lowest BCUT2D eigenvalue weighted by Crippen LogP contribution is -2.13. The van der Waals surface area contributed by atoms with E-state index in [9.17, 15) is 4.79 Å². The van der Waals surface area contributed by atoms with E-state index in [1.54, 1.807) is 18.5 Å². The monoisotopic (exact) mass is 380 g/mol. The first-order chi connectivity index (χ1) is 13.0. The Hall–Kier alpha value is -3.19. The van der Waals surface area contributed by atoms with Gasteiger partial charge in [-0.3, -0.25) is 9.89 Å². The van der Waals surface area contributed by atoms with E-state index in [1.807, 2.05) is 38.1 Å². The molecule has 4 aromatic rings. The Labute approximate surface area is 160 Å². The maximum absolute atomic E-state index is 12.5. The normalized spacial score (nSPS) is 11.1. The number of carbonyl (C=O) groups excluding carboxylic acids is 1. The van der Waals surface area contributed by atoms with Crippen LogP contribution in [0.1, 0.15) is 33.0 Å². The Bertz CT molecular complexity index is 1110. The van der Waals surface area contributed by atoms with Gasteiger partial charge in [0.2, 0.25) is 0 Å². The minimum absolute atomic E-state index is 0.143. The van der Waals surface area contributed by atoms with Crippen molar-refractivity contribution in [3.63, 3.8) is 0 Å². The summed E-state index contributed by atoms with van der Waals surface area (Å²) in [5.41, 5.74) is 5.66. The summed E-state index contributed by atoms with van der Waals surface area (Å²) in [4.78, 5) is 16.7.